The summed E-state index contributed by atoms with van der Waals surface area (Å²) in [6.07, 6.45) is 1.21. The Morgan fingerprint density at radius 3 is 2.10 bits per heavy atom. The Bertz CT molecular complexity index is 596. The maximum absolute atomic E-state index is 12.6. The lowest BCUT2D eigenvalue weighted by Gasteiger charge is -2.29. The molecule has 1 N–H and O–H groups in total. The lowest BCUT2D eigenvalue weighted by molar-refractivity contribution is -0.122. The lowest BCUT2D eigenvalue weighted by atomic mass is 9.81. The van der Waals surface area contributed by atoms with Gasteiger partial charge in [-0.3, -0.25) is 9.59 Å². The van der Waals surface area contributed by atoms with Crippen LogP contribution in [0.2, 0.25) is 5.02 Å². The molecule has 1 saturated heterocycles. The topological polar surface area (TPSA) is 57.6 Å². The molecular formula is C14H12Br2ClNO3. The van der Waals surface area contributed by atoms with Gasteiger partial charge in [0.25, 0.3) is 0 Å². The van der Waals surface area contributed by atoms with Crippen LogP contribution in [0.1, 0.15) is 12.8 Å². The van der Waals surface area contributed by atoms with Gasteiger partial charge in [-0.1, -0.05) is 43.5 Å². The average Bonchev–Trinajstić information content (AvgIpc) is 2.64. The second kappa shape index (κ2) is 5.56. The second-order valence-corrected chi connectivity index (χ2v) is 8.15. The Labute approximate surface area is 143 Å². The van der Waals surface area contributed by atoms with Crippen molar-refractivity contribution in [2.45, 2.75) is 22.5 Å². The van der Waals surface area contributed by atoms with Crippen molar-refractivity contribution in [3.05, 3.63) is 23.2 Å². The fourth-order valence-electron chi connectivity index (χ4n) is 3.02. The van der Waals surface area contributed by atoms with Gasteiger partial charge in [0.15, 0.2) is 0 Å². The summed E-state index contributed by atoms with van der Waals surface area (Å²) in [5, 5.41) is 10.3. The molecule has 21 heavy (non-hydrogen) atoms. The molecule has 0 aromatic heterocycles. The number of benzene rings is 1. The van der Waals surface area contributed by atoms with Crippen LogP contribution in [-0.4, -0.2) is 26.6 Å². The first-order chi connectivity index (χ1) is 9.90. The first kappa shape index (κ1) is 15.3. The van der Waals surface area contributed by atoms with Crippen LogP contribution in [0, 0.1) is 11.8 Å². The molecule has 1 saturated carbocycles. The molecule has 4 nitrogen and oxygen atoms in total. The minimum absolute atomic E-state index is 0.159. The number of carbonyl (C=O) groups is 2. The summed E-state index contributed by atoms with van der Waals surface area (Å²) < 4.78 is 0. The van der Waals surface area contributed by atoms with E-state index in [1.165, 1.54) is 12.1 Å². The molecular weight excluding hydrogens is 425 g/mol. The van der Waals surface area contributed by atoms with Crippen LogP contribution in [0.15, 0.2) is 18.2 Å². The smallest absolute Gasteiger partial charge is 0.237 e. The van der Waals surface area contributed by atoms with Gasteiger partial charge in [-0.15, -0.1) is 0 Å². The van der Waals surface area contributed by atoms with Gasteiger partial charge in [0.05, 0.1) is 17.5 Å². The zero-order valence-corrected chi connectivity index (χ0v) is 14.7. The first-order valence-electron chi connectivity index (χ1n) is 6.54. The molecule has 0 radical (unpaired) electrons. The monoisotopic (exact) mass is 435 g/mol. The van der Waals surface area contributed by atoms with Crippen molar-refractivity contribution in [1.82, 2.24) is 0 Å². The number of aromatic hydroxyl groups is 1. The Morgan fingerprint density at radius 2 is 1.62 bits per heavy atom. The summed E-state index contributed by atoms with van der Waals surface area (Å²) in [7, 11) is 0. The molecule has 0 bridgehead atoms. The van der Waals surface area contributed by atoms with Crippen LogP contribution in [0.5, 0.6) is 5.75 Å². The number of nitrogens with zero attached hydrogens (tertiary/aromatic N) is 1. The zero-order chi connectivity index (χ0) is 15.3. The van der Waals surface area contributed by atoms with Crippen LogP contribution in [-0.2, 0) is 9.59 Å². The van der Waals surface area contributed by atoms with Crippen LogP contribution < -0.4 is 4.90 Å². The standard InChI is InChI=1S/C14H12Br2ClNO3/c15-9-4-7-8(5-10(9)16)14(21)18(13(7)20)11-2-1-6(17)3-12(11)19/h1-3,7-10,19H,4-5H2/t7-,8+,9+,10-. The molecule has 0 spiro atoms. The Balaban J connectivity index is 1.97. The number of amides is 2. The minimum Gasteiger partial charge on any atom is -0.506 e. The molecule has 2 fully saturated rings. The van der Waals surface area contributed by atoms with E-state index < -0.39 is 0 Å². The highest BCUT2D eigenvalue weighted by Gasteiger charge is 2.52. The summed E-state index contributed by atoms with van der Waals surface area (Å²) in [4.78, 5) is 26.6. The van der Waals surface area contributed by atoms with E-state index in [1.54, 1.807) is 6.07 Å². The van der Waals surface area contributed by atoms with E-state index in [9.17, 15) is 14.7 Å². The van der Waals surface area contributed by atoms with Gasteiger partial charge in [-0.25, -0.2) is 4.90 Å². The Kier molecular flexibility index (Phi) is 4.05. The predicted molar refractivity (Wildman–Crippen MR) is 87.3 cm³/mol. The molecule has 112 valence electrons. The van der Waals surface area contributed by atoms with Crippen LogP contribution in [0.25, 0.3) is 0 Å². The van der Waals surface area contributed by atoms with E-state index in [0.29, 0.717) is 17.9 Å². The van der Waals surface area contributed by atoms with E-state index in [-0.39, 0.29) is 44.7 Å². The largest absolute Gasteiger partial charge is 0.506 e. The van der Waals surface area contributed by atoms with Crippen molar-refractivity contribution in [2.24, 2.45) is 11.8 Å². The fraction of sp³-hybridized carbons (Fsp3) is 0.429. The average molecular weight is 438 g/mol. The van der Waals surface area contributed by atoms with Crippen LogP contribution in [0.3, 0.4) is 0 Å². The van der Waals surface area contributed by atoms with Crippen LogP contribution in [0.4, 0.5) is 5.69 Å². The third-order valence-electron chi connectivity index (χ3n) is 4.09. The number of rotatable bonds is 1. The molecule has 0 unspecified atom stereocenters. The lowest BCUT2D eigenvalue weighted by Crippen LogP contribution is -2.34. The summed E-state index contributed by atoms with van der Waals surface area (Å²) in [5.74, 6) is -1.30. The normalized spacial score (nSPS) is 32.4. The van der Waals surface area contributed by atoms with Crippen molar-refractivity contribution in [3.8, 4) is 5.75 Å². The predicted octanol–water partition coefficient (Wildman–Crippen LogP) is 3.47. The molecule has 2 aliphatic rings. The van der Waals surface area contributed by atoms with E-state index in [2.05, 4.69) is 31.9 Å². The number of anilines is 1. The van der Waals surface area contributed by atoms with Crippen molar-refractivity contribution < 1.29 is 14.7 Å². The number of hydrogen-bond donors (Lipinski definition) is 1. The number of alkyl halides is 2. The highest BCUT2D eigenvalue weighted by Crippen LogP contribution is 2.45. The maximum atomic E-state index is 12.6. The summed E-state index contributed by atoms with van der Waals surface area (Å²) in [6.45, 7) is 0. The van der Waals surface area contributed by atoms with Gasteiger partial charge in [0.1, 0.15) is 5.75 Å². The molecule has 7 heteroatoms. The fourth-order valence-corrected chi connectivity index (χ4v) is 4.42. The van der Waals surface area contributed by atoms with Gasteiger partial charge in [0.2, 0.25) is 11.8 Å². The molecule has 1 aliphatic carbocycles. The summed E-state index contributed by atoms with van der Waals surface area (Å²) >= 11 is 12.9. The van der Waals surface area contributed by atoms with Gasteiger partial charge in [-0.05, 0) is 25.0 Å². The number of fused-ring (bicyclic) bond motifs is 1. The van der Waals surface area contributed by atoms with E-state index >= 15 is 0 Å². The highest BCUT2D eigenvalue weighted by molar-refractivity contribution is 9.12. The summed E-state index contributed by atoms with van der Waals surface area (Å²) in [5.41, 5.74) is 0.209. The maximum Gasteiger partial charge on any atom is 0.237 e. The highest BCUT2D eigenvalue weighted by atomic mass is 79.9. The van der Waals surface area contributed by atoms with Crippen LogP contribution >= 0.6 is 43.5 Å². The van der Waals surface area contributed by atoms with Crippen molar-refractivity contribution in [3.63, 3.8) is 0 Å². The number of phenolic OH excluding ortho intramolecular Hbond substituents is 1. The zero-order valence-electron chi connectivity index (χ0n) is 10.8. The summed E-state index contributed by atoms with van der Waals surface area (Å²) in [6, 6.07) is 4.39. The van der Waals surface area contributed by atoms with Gasteiger partial charge in [-0.2, -0.15) is 0 Å². The molecule has 1 heterocycles. The SMILES string of the molecule is O=C1[C@H]2C[C@@H](Br)[C@@H](Br)C[C@H]2C(=O)N1c1ccc(Cl)cc1O. The van der Waals surface area contributed by atoms with E-state index in [4.69, 9.17) is 11.6 Å². The third-order valence-corrected chi connectivity index (χ3v) is 7.06. The van der Waals surface area contributed by atoms with Crippen molar-refractivity contribution in [2.75, 3.05) is 4.90 Å². The number of imide groups is 1. The second-order valence-electron chi connectivity index (χ2n) is 5.36. The number of phenols is 1. The first-order valence-corrected chi connectivity index (χ1v) is 8.75. The van der Waals surface area contributed by atoms with Gasteiger partial charge < -0.3 is 5.11 Å². The van der Waals surface area contributed by atoms with Gasteiger partial charge in [0, 0.05) is 20.7 Å². The molecule has 1 aromatic rings. The third kappa shape index (κ3) is 2.51. The van der Waals surface area contributed by atoms with E-state index in [0.717, 1.165) is 4.90 Å². The molecule has 2 amide bonds. The number of halogens is 3. The van der Waals surface area contributed by atoms with Crippen molar-refractivity contribution >= 4 is 61.0 Å². The molecule has 3 rings (SSSR count). The quantitative estimate of drug-likeness (QED) is 0.541. The Morgan fingerprint density at radius 1 is 1.10 bits per heavy atom. The number of carbonyl (C=O) groups excluding carboxylic acids is 2. The molecule has 4 atom stereocenters. The Hall–Kier alpha value is -0.590. The van der Waals surface area contributed by atoms with E-state index in [1.807, 2.05) is 0 Å². The van der Waals surface area contributed by atoms with Gasteiger partial charge >= 0.3 is 0 Å². The van der Waals surface area contributed by atoms with Crippen molar-refractivity contribution in [1.29, 1.82) is 0 Å². The molecule has 1 aliphatic heterocycles. The number of hydrogen-bond acceptors (Lipinski definition) is 3. The minimum atomic E-state index is -0.328. The molecule has 1 aromatic carbocycles.